The first-order valence-corrected chi connectivity index (χ1v) is 4.95. The Morgan fingerprint density at radius 1 is 1.56 bits per heavy atom. The van der Waals surface area contributed by atoms with Gasteiger partial charge in [-0.15, -0.1) is 0 Å². The van der Waals surface area contributed by atoms with E-state index in [0.29, 0.717) is 0 Å². The number of carbonyl (C=O) groups is 2. The highest BCUT2D eigenvalue weighted by Gasteiger charge is 2.39. The van der Waals surface area contributed by atoms with Gasteiger partial charge in [0, 0.05) is 13.3 Å². The third-order valence-electron chi connectivity index (χ3n) is 2.57. The number of carboxylic acid groups (broad SMARTS) is 1. The Morgan fingerprint density at radius 2 is 2.19 bits per heavy atom. The summed E-state index contributed by atoms with van der Waals surface area (Å²) in [5.74, 6) is -1.53. The van der Waals surface area contributed by atoms with Crippen LogP contribution in [0.15, 0.2) is 0 Å². The minimum atomic E-state index is -1.14. The summed E-state index contributed by atoms with van der Waals surface area (Å²) in [6.07, 6.45) is -1.12. The molecule has 6 nitrogen and oxygen atoms in total. The third kappa shape index (κ3) is 2.89. The molecule has 0 aromatic heterocycles. The topological polar surface area (TPSA) is 98.7 Å². The Hall–Kier alpha value is -1.21. The zero-order chi connectivity index (χ0) is 12.3. The molecule has 1 saturated heterocycles. The Kier molecular flexibility index (Phi) is 4.19. The number of alkyl halides is 1. The smallest absolute Gasteiger partial charge is 0.320 e. The third-order valence-corrected chi connectivity index (χ3v) is 2.57. The number of amides is 1. The zero-order valence-corrected chi connectivity index (χ0v) is 8.81. The molecule has 0 aromatic rings. The van der Waals surface area contributed by atoms with E-state index in [-0.39, 0.29) is 6.42 Å². The molecule has 0 aliphatic carbocycles. The number of carboxylic acids is 1. The molecule has 1 aliphatic rings. The number of hydrogen-bond donors (Lipinski definition) is 4. The lowest BCUT2D eigenvalue weighted by molar-refractivity contribution is -0.142. The van der Waals surface area contributed by atoms with Gasteiger partial charge in [-0.25, -0.2) is 4.39 Å². The van der Waals surface area contributed by atoms with E-state index < -0.39 is 42.8 Å². The predicted molar refractivity (Wildman–Crippen MR) is 52.6 cm³/mol. The number of aliphatic carboxylic acids is 1. The molecule has 1 fully saturated rings. The van der Waals surface area contributed by atoms with Gasteiger partial charge >= 0.3 is 5.97 Å². The highest BCUT2D eigenvalue weighted by molar-refractivity contribution is 5.75. The van der Waals surface area contributed by atoms with Crippen LogP contribution in [0.1, 0.15) is 13.3 Å². The minimum Gasteiger partial charge on any atom is -0.480 e. The van der Waals surface area contributed by atoms with Crippen LogP contribution >= 0.6 is 0 Å². The van der Waals surface area contributed by atoms with Crippen LogP contribution in [0.2, 0.25) is 0 Å². The number of nitrogens with one attached hydrogen (secondary N) is 2. The molecular weight excluding hydrogens is 219 g/mol. The second kappa shape index (κ2) is 5.22. The van der Waals surface area contributed by atoms with Crippen LogP contribution < -0.4 is 10.6 Å². The van der Waals surface area contributed by atoms with Gasteiger partial charge in [0.2, 0.25) is 5.91 Å². The Balaban J connectivity index is 2.72. The van der Waals surface area contributed by atoms with Crippen molar-refractivity contribution in [2.75, 3.05) is 6.67 Å². The SMILES string of the molecule is CC(=O)N[C@H]1[C@H](CF)N[C@H](C(=O)O)C[C@@H]1O. The van der Waals surface area contributed by atoms with Gasteiger partial charge in [0.15, 0.2) is 0 Å². The summed E-state index contributed by atoms with van der Waals surface area (Å²) < 4.78 is 12.7. The van der Waals surface area contributed by atoms with Crippen molar-refractivity contribution in [3.8, 4) is 0 Å². The second-order valence-electron chi connectivity index (χ2n) is 3.85. The van der Waals surface area contributed by atoms with E-state index >= 15 is 0 Å². The summed E-state index contributed by atoms with van der Waals surface area (Å²) in [4.78, 5) is 21.6. The number of aliphatic hydroxyl groups excluding tert-OH is 1. The summed E-state index contributed by atoms with van der Waals surface area (Å²) >= 11 is 0. The lowest BCUT2D eigenvalue weighted by Gasteiger charge is -2.38. The highest BCUT2D eigenvalue weighted by Crippen LogP contribution is 2.15. The van der Waals surface area contributed by atoms with Crippen LogP contribution in [0.5, 0.6) is 0 Å². The number of carbonyl (C=O) groups excluding carboxylic acids is 1. The first kappa shape index (κ1) is 12.9. The Bertz CT molecular complexity index is 287. The monoisotopic (exact) mass is 234 g/mol. The molecule has 0 aromatic carbocycles. The van der Waals surface area contributed by atoms with Crippen LogP contribution in [0.25, 0.3) is 0 Å². The molecule has 0 saturated carbocycles. The van der Waals surface area contributed by atoms with Gasteiger partial charge in [-0.3, -0.25) is 14.9 Å². The number of hydrogen-bond acceptors (Lipinski definition) is 4. The van der Waals surface area contributed by atoms with Gasteiger partial charge < -0.3 is 15.5 Å². The molecule has 16 heavy (non-hydrogen) atoms. The zero-order valence-electron chi connectivity index (χ0n) is 8.81. The molecule has 1 rings (SSSR count). The summed E-state index contributed by atoms with van der Waals surface area (Å²) in [5, 5.41) is 23.4. The van der Waals surface area contributed by atoms with Crippen LogP contribution in [-0.4, -0.2) is 53.0 Å². The van der Waals surface area contributed by atoms with Gasteiger partial charge in [0.1, 0.15) is 12.7 Å². The molecule has 0 radical (unpaired) electrons. The predicted octanol–water partition coefficient (Wildman–Crippen LogP) is -1.36. The summed E-state index contributed by atoms with van der Waals surface area (Å²) in [7, 11) is 0. The lowest BCUT2D eigenvalue weighted by atomic mass is 9.91. The van der Waals surface area contributed by atoms with Crippen molar-refractivity contribution in [3.63, 3.8) is 0 Å². The molecule has 4 N–H and O–H groups in total. The molecule has 1 heterocycles. The van der Waals surface area contributed by atoms with Gasteiger partial charge in [-0.05, 0) is 0 Å². The van der Waals surface area contributed by atoms with E-state index in [0.717, 1.165) is 0 Å². The van der Waals surface area contributed by atoms with Gasteiger partial charge in [0.05, 0.1) is 18.2 Å². The van der Waals surface area contributed by atoms with E-state index in [9.17, 15) is 19.1 Å². The molecule has 4 atom stereocenters. The number of rotatable bonds is 3. The maximum Gasteiger partial charge on any atom is 0.320 e. The molecule has 1 amide bonds. The summed E-state index contributed by atoms with van der Waals surface area (Å²) in [6, 6.07) is -2.66. The molecule has 0 bridgehead atoms. The molecule has 0 spiro atoms. The minimum absolute atomic E-state index is 0.0587. The van der Waals surface area contributed by atoms with E-state index in [4.69, 9.17) is 5.11 Å². The van der Waals surface area contributed by atoms with Gasteiger partial charge in [-0.1, -0.05) is 0 Å². The fourth-order valence-corrected chi connectivity index (χ4v) is 1.83. The molecule has 92 valence electrons. The number of aliphatic hydroxyl groups is 1. The quantitative estimate of drug-likeness (QED) is 0.483. The lowest BCUT2D eigenvalue weighted by Crippen LogP contribution is -2.65. The van der Waals surface area contributed by atoms with Crippen LogP contribution in [0.4, 0.5) is 4.39 Å². The van der Waals surface area contributed by atoms with E-state index in [2.05, 4.69) is 10.6 Å². The summed E-state index contributed by atoms with van der Waals surface area (Å²) in [6.45, 7) is 0.400. The maximum absolute atomic E-state index is 12.7. The van der Waals surface area contributed by atoms with Crippen LogP contribution in [-0.2, 0) is 9.59 Å². The maximum atomic E-state index is 12.7. The van der Waals surface area contributed by atoms with E-state index in [1.807, 2.05) is 0 Å². The van der Waals surface area contributed by atoms with E-state index in [1.54, 1.807) is 0 Å². The van der Waals surface area contributed by atoms with Crippen LogP contribution in [0, 0.1) is 0 Å². The van der Waals surface area contributed by atoms with Crippen molar-refractivity contribution in [3.05, 3.63) is 0 Å². The normalized spacial score (nSPS) is 34.4. The summed E-state index contributed by atoms with van der Waals surface area (Å²) in [5.41, 5.74) is 0. The largest absolute Gasteiger partial charge is 0.480 e. The Labute approximate surface area is 91.8 Å². The van der Waals surface area contributed by atoms with Crippen molar-refractivity contribution in [2.24, 2.45) is 0 Å². The molecule has 7 heteroatoms. The fraction of sp³-hybridized carbons (Fsp3) is 0.778. The first-order chi connectivity index (χ1) is 7.45. The average molecular weight is 234 g/mol. The van der Waals surface area contributed by atoms with Gasteiger partial charge in [-0.2, -0.15) is 0 Å². The van der Waals surface area contributed by atoms with Crippen molar-refractivity contribution >= 4 is 11.9 Å². The fourth-order valence-electron chi connectivity index (χ4n) is 1.83. The standard InChI is InChI=1S/C9H15FN2O4/c1-4(13)11-8-6(3-10)12-5(9(15)16)2-7(8)14/h5-8,12,14H,2-3H2,1H3,(H,11,13)(H,15,16)/t5-,6-,7-,8-/m0/s1. The van der Waals surface area contributed by atoms with Crippen molar-refractivity contribution in [2.45, 2.75) is 37.6 Å². The highest BCUT2D eigenvalue weighted by atomic mass is 19.1. The average Bonchev–Trinajstić information content (AvgIpc) is 2.19. The van der Waals surface area contributed by atoms with Crippen molar-refractivity contribution < 1.29 is 24.2 Å². The number of halogens is 1. The number of piperidine rings is 1. The second-order valence-corrected chi connectivity index (χ2v) is 3.85. The first-order valence-electron chi connectivity index (χ1n) is 4.95. The van der Waals surface area contributed by atoms with Gasteiger partial charge in [0.25, 0.3) is 0 Å². The van der Waals surface area contributed by atoms with E-state index in [1.165, 1.54) is 6.92 Å². The van der Waals surface area contributed by atoms with Crippen molar-refractivity contribution in [1.29, 1.82) is 0 Å². The van der Waals surface area contributed by atoms with Crippen LogP contribution in [0.3, 0.4) is 0 Å². The Morgan fingerprint density at radius 3 is 2.62 bits per heavy atom. The van der Waals surface area contributed by atoms with Crippen molar-refractivity contribution in [1.82, 2.24) is 10.6 Å². The molecular formula is C9H15FN2O4. The molecule has 1 aliphatic heterocycles. The molecule has 0 unspecified atom stereocenters.